The van der Waals surface area contributed by atoms with Crippen molar-refractivity contribution in [3.8, 4) is 17.0 Å². The van der Waals surface area contributed by atoms with E-state index in [0.29, 0.717) is 29.2 Å². The van der Waals surface area contributed by atoms with Crippen molar-refractivity contribution in [2.24, 2.45) is 0 Å². The maximum Gasteiger partial charge on any atom is 0.416 e. The third-order valence-electron chi connectivity index (χ3n) is 5.17. The molecule has 6 nitrogen and oxygen atoms in total. The van der Waals surface area contributed by atoms with Crippen molar-refractivity contribution < 1.29 is 23.4 Å². The van der Waals surface area contributed by atoms with Gasteiger partial charge in [0.1, 0.15) is 17.0 Å². The van der Waals surface area contributed by atoms with Crippen LogP contribution in [0, 0.1) is 0 Å². The second kappa shape index (κ2) is 7.47. The zero-order valence-corrected chi connectivity index (χ0v) is 15.3. The molecule has 0 bridgehead atoms. The van der Waals surface area contributed by atoms with E-state index in [4.69, 9.17) is 0 Å². The average Bonchev–Trinajstić information content (AvgIpc) is 2.69. The van der Waals surface area contributed by atoms with E-state index in [9.17, 15) is 23.4 Å². The van der Waals surface area contributed by atoms with Crippen LogP contribution in [-0.2, 0) is 6.18 Å². The number of rotatable bonds is 3. The number of halogens is 3. The van der Waals surface area contributed by atoms with E-state index < -0.39 is 23.6 Å². The Morgan fingerprint density at radius 1 is 1.07 bits per heavy atom. The van der Waals surface area contributed by atoms with Gasteiger partial charge in [-0.25, -0.2) is 0 Å². The van der Waals surface area contributed by atoms with Crippen LogP contribution in [0.15, 0.2) is 36.5 Å². The predicted octanol–water partition coefficient (Wildman–Crippen LogP) is 4.13. The van der Waals surface area contributed by atoms with E-state index >= 15 is 0 Å². The SMILES string of the molecule is Oc1cc(C(F)(F)F)ccc1-c1nnc(N[C@H]2CCCC[C@@H]2O)c2ncccc12. The Labute approximate surface area is 164 Å². The minimum absolute atomic E-state index is 0.132. The third-order valence-corrected chi connectivity index (χ3v) is 5.17. The van der Waals surface area contributed by atoms with Crippen LogP contribution in [0.2, 0.25) is 0 Å². The molecule has 1 aliphatic rings. The summed E-state index contributed by atoms with van der Waals surface area (Å²) in [5, 5.41) is 32.4. The van der Waals surface area contributed by atoms with Crippen LogP contribution in [0.3, 0.4) is 0 Å². The molecule has 0 unspecified atom stereocenters. The predicted molar refractivity (Wildman–Crippen MR) is 101 cm³/mol. The van der Waals surface area contributed by atoms with Crippen molar-refractivity contribution in [3.63, 3.8) is 0 Å². The Morgan fingerprint density at radius 3 is 2.59 bits per heavy atom. The summed E-state index contributed by atoms with van der Waals surface area (Å²) < 4.78 is 38.7. The Bertz CT molecular complexity index is 1040. The largest absolute Gasteiger partial charge is 0.507 e. The van der Waals surface area contributed by atoms with Gasteiger partial charge in [0, 0.05) is 17.1 Å². The molecule has 1 aliphatic carbocycles. The monoisotopic (exact) mass is 404 g/mol. The Balaban J connectivity index is 1.76. The smallest absolute Gasteiger partial charge is 0.416 e. The fourth-order valence-electron chi connectivity index (χ4n) is 3.65. The molecule has 0 saturated heterocycles. The van der Waals surface area contributed by atoms with E-state index in [1.165, 1.54) is 6.07 Å². The van der Waals surface area contributed by atoms with Crippen molar-refractivity contribution >= 4 is 16.7 Å². The second-order valence-corrected chi connectivity index (χ2v) is 7.13. The summed E-state index contributed by atoms with van der Waals surface area (Å²) in [6.45, 7) is 0. The first-order chi connectivity index (χ1) is 13.8. The zero-order chi connectivity index (χ0) is 20.6. The van der Waals surface area contributed by atoms with Crippen LogP contribution >= 0.6 is 0 Å². The van der Waals surface area contributed by atoms with E-state index in [1.807, 2.05) is 0 Å². The summed E-state index contributed by atoms with van der Waals surface area (Å²) in [5.41, 5.74) is -0.116. The molecule has 0 radical (unpaired) electrons. The molecule has 1 aromatic carbocycles. The van der Waals surface area contributed by atoms with Crippen molar-refractivity contribution in [2.75, 3.05) is 5.32 Å². The number of aromatic nitrogens is 3. The van der Waals surface area contributed by atoms with Crippen molar-refractivity contribution in [1.29, 1.82) is 0 Å². The molecule has 0 amide bonds. The Kier molecular flexibility index (Phi) is 4.99. The first kappa shape index (κ1) is 19.4. The number of aromatic hydroxyl groups is 1. The fourth-order valence-corrected chi connectivity index (χ4v) is 3.65. The number of anilines is 1. The van der Waals surface area contributed by atoms with Gasteiger partial charge in [-0.05, 0) is 43.2 Å². The summed E-state index contributed by atoms with van der Waals surface area (Å²) in [7, 11) is 0. The van der Waals surface area contributed by atoms with Gasteiger partial charge in [0.05, 0.1) is 17.7 Å². The highest BCUT2D eigenvalue weighted by Crippen LogP contribution is 2.38. The van der Waals surface area contributed by atoms with Gasteiger partial charge in [-0.15, -0.1) is 10.2 Å². The molecular weight excluding hydrogens is 385 g/mol. The summed E-state index contributed by atoms with van der Waals surface area (Å²) >= 11 is 0. The number of fused-ring (bicyclic) bond motifs is 1. The average molecular weight is 404 g/mol. The summed E-state index contributed by atoms with van der Waals surface area (Å²) in [6, 6.07) is 5.95. The molecule has 0 spiro atoms. The number of pyridine rings is 1. The number of phenolic OH excluding ortho intramolecular Hbond substituents is 1. The number of hydrogen-bond acceptors (Lipinski definition) is 6. The third kappa shape index (κ3) is 3.82. The molecule has 29 heavy (non-hydrogen) atoms. The van der Waals surface area contributed by atoms with Gasteiger partial charge in [-0.2, -0.15) is 13.2 Å². The van der Waals surface area contributed by atoms with Gasteiger partial charge < -0.3 is 15.5 Å². The number of benzene rings is 1. The van der Waals surface area contributed by atoms with Gasteiger partial charge >= 0.3 is 6.18 Å². The van der Waals surface area contributed by atoms with Crippen molar-refractivity contribution in [1.82, 2.24) is 15.2 Å². The number of aliphatic hydroxyl groups is 1. The van der Waals surface area contributed by atoms with Crippen LogP contribution in [0.1, 0.15) is 31.2 Å². The molecule has 9 heteroatoms. The van der Waals surface area contributed by atoms with E-state index in [0.717, 1.165) is 25.3 Å². The highest BCUT2D eigenvalue weighted by atomic mass is 19.4. The standard InChI is InChI=1S/C20H19F3N4O2/c21-20(22,23)11-7-8-12(16(29)10-11)17-13-4-3-9-24-18(13)19(27-26-17)25-14-5-1-2-6-15(14)28/h3-4,7-10,14-15,28-29H,1-2,5-6H2,(H,25,27)/t14-,15-/m0/s1. The molecule has 152 valence electrons. The minimum Gasteiger partial charge on any atom is -0.507 e. The lowest BCUT2D eigenvalue weighted by Gasteiger charge is -2.28. The van der Waals surface area contributed by atoms with Gasteiger partial charge in [-0.1, -0.05) is 12.8 Å². The lowest BCUT2D eigenvalue weighted by Crippen LogP contribution is -2.36. The first-order valence-corrected chi connectivity index (χ1v) is 9.31. The minimum atomic E-state index is -4.56. The first-order valence-electron chi connectivity index (χ1n) is 9.31. The molecule has 0 aliphatic heterocycles. The van der Waals surface area contributed by atoms with Gasteiger partial charge in [0.2, 0.25) is 0 Å². The topological polar surface area (TPSA) is 91.2 Å². The lowest BCUT2D eigenvalue weighted by molar-refractivity contribution is -0.137. The number of aliphatic hydroxyl groups excluding tert-OH is 1. The molecule has 1 fully saturated rings. The maximum absolute atomic E-state index is 12.9. The maximum atomic E-state index is 12.9. The Morgan fingerprint density at radius 2 is 1.86 bits per heavy atom. The van der Waals surface area contributed by atoms with Crippen LogP contribution in [0.4, 0.5) is 19.0 Å². The van der Waals surface area contributed by atoms with Crippen molar-refractivity contribution in [3.05, 3.63) is 42.1 Å². The molecule has 1 saturated carbocycles. The summed E-state index contributed by atoms with van der Waals surface area (Å²) in [4.78, 5) is 4.34. The highest BCUT2D eigenvalue weighted by molar-refractivity contribution is 5.98. The zero-order valence-electron chi connectivity index (χ0n) is 15.3. The highest BCUT2D eigenvalue weighted by Gasteiger charge is 2.31. The van der Waals surface area contributed by atoms with E-state index in [2.05, 4.69) is 20.5 Å². The lowest BCUT2D eigenvalue weighted by atomic mass is 9.92. The molecule has 4 rings (SSSR count). The van der Waals surface area contributed by atoms with Gasteiger partial charge in [0.15, 0.2) is 5.82 Å². The summed E-state index contributed by atoms with van der Waals surface area (Å²) in [6.07, 6.45) is -0.0285. The van der Waals surface area contributed by atoms with E-state index in [-0.39, 0.29) is 17.3 Å². The molecule has 2 heterocycles. The van der Waals surface area contributed by atoms with Crippen LogP contribution in [0.25, 0.3) is 22.2 Å². The number of hydrogen-bond donors (Lipinski definition) is 3. The number of phenols is 1. The summed E-state index contributed by atoms with van der Waals surface area (Å²) in [5.74, 6) is -0.149. The molecular formula is C20H19F3N4O2. The molecule has 3 N–H and O–H groups in total. The molecule has 3 aromatic rings. The van der Waals surface area contributed by atoms with Crippen molar-refractivity contribution in [2.45, 2.75) is 44.0 Å². The Hall–Kier alpha value is -2.94. The van der Waals surface area contributed by atoms with Crippen LogP contribution < -0.4 is 5.32 Å². The second-order valence-electron chi connectivity index (χ2n) is 7.13. The van der Waals surface area contributed by atoms with E-state index in [1.54, 1.807) is 18.3 Å². The van der Waals surface area contributed by atoms with Crippen LogP contribution in [-0.4, -0.2) is 37.5 Å². The molecule has 2 atom stereocenters. The number of nitrogens with one attached hydrogen (secondary N) is 1. The van der Waals surface area contributed by atoms with Gasteiger partial charge in [0.25, 0.3) is 0 Å². The normalized spacial score (nSPS) is 20.0. The molecule has 2 aromatic heterocycles. The quantitative estimate of drug-likeness (QED) is 0.608. The fraction of sp³-hybridized carbons (Fsp3) is 0.350. The van der Waals surface area contributed by atoms with Crippen LogP contribution in [0.5, 0.6) is 5.75 Å². The number of alkyl halides is 3. The number of nitrogens with zero attached hydrogens (tertiary/aromatic N) is 3. The van der Waals surface area contributed by atoms with Gasteiger partial charge in [-0.3, -0.25) is 4.98 Å².